The number of carbonyl (C=O) groups is 3. The fraction of sp³-hybridized carbons (Fsp3) is 0.214. The highest BCUT2D eigenvalue weighted by Crippen LogP contribution is 2.22. The van der Waals surface area contributed by atoms with Crippen LogP contribution in [0.25, 0.3) is 0 Å². The first-order valence-electron chi connectivity index (χ1n) is 11.8. The van der Waals surface area contributed by atoms with Crippen molar-refractivity contribution in [2.45, 2.75) is 26.3 Å². The molecule has 0 unspecified atom stereocenters. The van der Waals surface area contributed by atoms with Gasteiger partial charge in [-0.2, -0.15) is 5.10 Å². The molecule has 0 fully saturated rings. The Kier molecular flexibility index (Phi) is 10.4. The van der Waals surface area contributed by atoms with Crippen molar-refractivity contribution >= 4 is 45.6 Å². The van der Waals surface area contributed by atoms with Gasteiger partial charge in [-0.1, -0.05) is 54.0 Å². The highest BCUT2D eigenvalue weighted by molar-refractivity contribution is 9.10. The van der Waals surface area contributed by atoms with Gasteiger partial charge in [-0.25, -0.2) is 5.43 Å². The van der Waals surface area contributed by atoms with E-state index in [2.05, 4.69) is 50.9 Å². The zero-order chi connectivity index (χ0) is 27.5. The molecule has 3 rings (SSSR count). The molecule has 0 radical (unpaired) electrons. The van der Waals surface area contributed by atoms with E-state index < -0.39 is 11.8 Å². The molecule has 0 atom stereocenters. The quantitative estimate of drug-likeness (QED) is 0.187. The summed E-state index contributed by atoms with van der Waals surface area (Å²) in [6.07, 6.45) is 1.33. The molecule has 0 aliphatic rings. The second kappa shape index (κ2) is 13.9. The summed E-state index contributed by atoms with van der Waals surface area (Å²) >= 11 is 3.37. The molecule has 3 amide bonds. The molecule has 0 aliphatic heterocycles. The number of hydrogen-bond donors (Lipinski definition) is 3. The lowest BCUT2D eigenvalue weighted by atomic mass is 10.0. The fourth-order valence-corrected chi connectivity index (χ4v) is 3.64. The number of anilines is 1. The highest BCUT2D eigenvalue weighted by Gasteiger charge is 2.13. The smallest absolute Gasteiger partial charge is 0.329 e. The Hall–Kier alpha value is -4.18. The van der Waals surface area contributed by atoms with Crippen molar-refractivity contribution in [1.82, 2.24) is 10.7 Å². The normalized spacial score (nSPS) is 10.8. The molecule has 3 aromatic carbocycles. The summed E-state index contributed by atoms with van der Waals surface area (Å²) in [6, 6.07) is 19.8. The third kappa shape index (κ3) is 8.74. The summed E-state index contributed by atoms with van der Waals surface area (Å²) in [5.74, 6) is -0.614. The minimum Gasteiger partial charge on any atom is -0.497 e. The van der Waals surface area contributed by atoms with Crippen LogP contribution in [0.1, 0.15) is 36.5 Å². The maximum absolute atomic E-state index is 12.3. The summed E-state index contributed by atoms with van der Waals surface area (Å²) in [5.41, 5.74) is 5.37. The van der Waals surface area contributed by atoms with Crippen LogP contribution in [-0.4, -0.2) is 37.7 Å². The molecule has 3 aromatic rings. The summed E-state index contributed by atoms with van der Waals surface area (Å²) in [7, 11) is 1.56. The van der Waals surface area contributed by atoms with Gasteiger partial charge in [0.2, 0.25) is 0 Å². The Bertz CT molecular complexity index is 1290. The lowest BCUT2D eigenvalue weighted by Crippen LogP contribution is -2.37. The van der Waals surface area contributed by atoms with Crippen molar-refractivity contribution in [1.29, 1.82) is 0 Å². The number of amides is 3. The van der Waals surface area contributed by atoms with E-state index in [4.69, 9.17) is 9.47 Å². The van der Waals surface area contributed by atoms with Crippen LogP contribution >= 0.6 is 15.9 Å². The minimum atomic E-state index is -0.906. The van der Waals surface area contributed by atoms with Gasteiger partial charge in [0, 0.05) is 22.3 Å². The van der Waals surface area contributed by atoms with E-state index in [1.807, 2.05) is 24.3 Å². The number of methoxy groups -OCH3 is 1. The van der Waals surface area contributed by atoms with Gasteiger partial charge >= 0.3 is 11.8 Å². The van der Waals surface area contributed by atoms with Gasteiger partial charge in [0.15, 0.2) is 6.61 Å². The fourth-order valence-electron chi connectivity index (χ4n) is 3.26. The van der Waals surface area contributed by atoms with Crippen LogP contribution in [0, 0.1) is 0 Å². The van der Waals surface area contributed by atoms with Gasteiger partial charge in [-0.15, -0.1) is 0 Å². The van der Waals surface area contributed by atoms with Crippen LogP contribution in [0.4, 0.5) is 5.69 Å². The van der Waals surface area contributed by atoms with Gasteiger partial charge in [0.1, 0.15) is 11.5 Å². The summed E-state index contributed by atoms with van der Waals surface area (Å²) in [6.45, 7) is 4.18. The lowest BCUT2D eigenvalue weighted by Gasteiger charge is -2.10. The Morgan fingerprint density at radius 1 is 0.974 bits per heavy atom. The van der Waals surface area contributed by atoms with Crippen LogP contribution in [0.3, 0.4) is 0 Å². The second-order valence-corrected chi connectivity index (χ2v) is 9.44. The first-order chi connectivity index (χ1) is 18.2. The maximum Gasteiger partial charge on any atom is 0.329 e. The monoisotopic (exact) mass is 580 g/mol. The average molecular weight is 581 g/mol. The number of carbonyl (C=O) groups excluding carboxylic acids is 3. The van der Waals surface area contributed by atoms with Crippen molar-refractivity contribution in [2.24, 2.45) is 5.10 Å². The molecule has 38 heavy (non-hydrogen) atoms. The topological polar surface area (TPSA) is 118 Å². The van der Waals surface area contributed by atoms with Gasteiger partial charge in [0.25, 0.3) is 5.91 Å². The SMILES string of the molecule is COc1ccc(NC(=O)COc2ccc(Br)cc2/C=N\NC(=O)C(=O)NCc2ccc(C(C)C)cc2)cc1. The summed E-state index contributed by atoms with van der Waals surface area (Å²) < 4.78 is 11.5. The standard InChI is InChI=1S/C28H29BrN4O5/c1-18(2)20-6-4-19(5-7-20)15-30-27(35)28(36)33-31-16-21-14-22(29)8-13-25(21)38-17-26(34)32-23-9-11-24(37-3)12-10-23/h4-14,16,18H,15,17H2,1-3H3,(H,30,35)(H,32,34)(H,33,36)/b31-16-. The first-order valence-corrected chi connectivity index (χ1v) is 12.6. The van der Waals surface area contributed by atoms with Gasteiger partial charge < -0.3 is 20.1 Å². The molecular formula is C28H29BrN4O5. The number of hydrogen-bond acceptors (Lipinski definition) is 6. The predicted octanol–water partition coefficient (Wildman–Crippen LogP) is 4.37. The van der Waals surface area contributed by atoms with Crippen LogP contribution in [-0.2, 0) is 20.9 Å². The van der Waals surface area contributed by atoms with Crippen molar-refractivity contribution in [3.05, 3.63) is 87.9 Å². The molecule has 10 heteroatoms. The molecule has 3 N–H and O–H groups in total. The van der Waals surface area contributed by atoms with Crippen LogP contribution in [0.15, 0.2) is 76.3 Å². The molecule has 0 bridgehead atoms. The molecule has 0 spiro atoms. The molecule has 0 heterocycles. The van der Waals surface area contributed by atoms with E-state index in [1.54, 1.807) is 49.6 Å². The zero-order valence-electron chi connectivity index (χ0n) is 21.3. The number of nitrogens with zero attached hydrogens (tertiary/aromatic N) is 1. The molecular weight excluding hydrogens is 552 g/mol. The Morgan fingerprint density at radius 2 is 1.68 bits per heavy atom. The van der Waals surface area contributed by atoms with Gasteiger partial charge in [-0.3, -0.25) is 14.4 Å². The van der Waals surface area contributed by atoms with Crippen molar-refractivity contribution in [3.8, 4) is 11.5 Å². The number of ether oxygens (including phenoxy) is 2. The van der Waals surface area contributed by atoms with Crippen LogP contribution in [0.2, 0.25) is 0 Å². The van der Waals surface area contributed by atoms with E-state index >= 15 is 0 Å². The largest absolute Gasteiger partial charge is 0.497 e. The van der Waals surface area contributed by atoms with E-state index in [0.717, 1.165) is 10.0 Å². The number of benzene rings is 3. The highest BCUT2D eigenvalue weighted by atomic mass is 79.9. The van der Waals surface area contributed by atoms with Crippen molar-refractivity contribution in [3.63, 3.8) is 0 Å². The number of nitrogens with one attached hydrogen (secondary N) is 3. The van der Waals surface area contributed by atoms with E-state index in [-0.39, 0.29) is 19.1 Å². The van der Waals surface area contributed by atoms with Gasteiger partial charge in [-0.05, 0) is 59.5 Å². The minimum absolute atomic E-state index is 0.219. The number of halogens is 1. The predicted molar refractivity (Wildman–Crippen MR) is 149 cm³/mol. The average Bonchev–Trinajstić information content (AvgIpc) is 2.91. The number of rotatable bonds is 10. The summed E-state index contributed by atoms with van der Waals surface area (Å²) in [5, 5.41) is 9.16. The molecule has 0 aromatic heterocycles. The van der Waals surface area contributed by atoms with Crippen LogP contribution < -0.4 is 25.5 Å². The van der Waals surface area contributed by atoms with Crippen LogP contribution in [0.5, 0.6) is 11.5 Å². The Morgan fingerprint density at radius 3 is 2.34 bits per heavy atom. The third-order valence-corrected chi connectivity index (χ3v) is 5.87. The third-order valence-electron chi connectivity index (χ3n) is 5.38. The number of hydrazone groups is 1. The molecule has 198 valence electrons. The molecule has 0 aliphatic carbocycles. The van der Waals surface area contributed by atoms with Crippen molar-refractivity contribution in [2.75, 3.05) is 19.0 Å². The second-order valence-electron chi connectivity index (χ2n) is 8.53. The van der Waals surface area contributed by atoms with E-state index in [0.29, 0.717) is 28.7 Å². The molecule has 0 saturated heterocycles. The Balaban J connectivity index is 1.51. The maximum atomic E-state index is 12.3. The van der Waals surface area contributed by atoms with E-state index in [9.17, 15) is 14.4 Å². The lowest BCUT2D eigenvalue weighted by molar-refractivity contribution is -0.139. The Labute approximate surface area is 229 Å². The summed E-state index contributed by atoms with van der Waals surface area (Å²) in [4.78, 5) is 36.6. The van der Waals surface area contributed by atoms with Crippen molar-refractivity contribution < 1.29 is 23.9 Å². The molecule has 0 saturated carbocycles. The first kappa shape index (κ1) is 28.4. The molecule has 9 nitrogen and oxygen atoms in total. The van der Waals surface area contributed by atoms with E-state index in [1.165, 1.54) is 11.8 Å². The zero-order valence-corrected chi connectivity index (χ0v) is 22.9. The van der Waals surface area contributed by atoms with Gasteiger partial charge in [0.05, 0.1) is 13.3 Å².